The zero-order valence-corrected chi connectivity index (χ0v) is 8.62. The number of hydrogen-bond donors (Lipinski definition) is 0. The van der Waals surface area contributed by atoms with Crippen molar-refractivity contribution < 1.29 is 9.13 Å². The van der Waals surface area contributed by atoms with E-state index in [0.29, 0.717) is 0 Å². The minimum Gasteiger partial charge on any atom is -0.378 e. The Morgan fingerprint density at radius 2 is 1.79 bits per heavy atom. The van der Waals surface area contributed by atoms with Crippen LogP contribution in [0, 0.1) is 17.8 Å². The summed E-state index contributed by atoms with van der Waals surface area (Å²) in [6.45, 7) is 0.733. The van der Waals surface area contributed by atoms with Gasteiger partial charge < -0.3 is 4.74 Å². The van der Waals surface area contributed by atoms with Gasteiger partial charge in [0.25, 0.3) is 0 Å². The molecule has 1 fully saturated rings. The molecule has 0 aromatic heterocycles. The highest BCUT2D eigenvalue weighted by Gasteiger charge is 2.48. The number of allylic oxidation sites excluding steroid dienone is 2. The molecule has 0 aromatic rings. The van der Waals surface area contributed by atoms with Crippen LogP contribution in [0.3, 0.4) is 0 Å². The maximum atomic E-state index is 11.8. The van der Waals surface area contributed by atoms with Crippen LogP contribution in [0.15, 0.2) is 12.2 Å². The first-order chi connectivity index (χ1) is 6.93. The second kappa shape index (κ2) is 4.92. The minimum absolute atomic E-state index is 0.286. The maximum absolute atomic E-state index is 11.8. The van der Waals surface area contributed by atoms with Crippen molar-refractivity contribution in [3.8, 4) is 0 Å². The molecule has 0 saturated heterocycles. The predicted octanol–water partition coefficient (Wildman–Crippen LogP) is 2.96. The van der Waals surface area contributed by atoms with Gasteiger partial charge in [0.1, 0.15) is 6.67 Å². The van der Waals surface area contributed by atoms with Gasteiger partial charge in [-0.3, -0.25) is 0 Å². The summed E-state index contributed by atoms with van der Waals surface area (Å²) in [4.78, 5) is 0. The first-order valence-electron chi connectivity index (χ1n) is 5.72. The Hall–Kier alpha value is -0.370. The number of rotatable bonds is 4. The molecule has 0 heterocycles. The van der Waals surface area contributed by atoms with Gasteiger partial charge in [-0.15, -0.1) is 0 Å². The van der Waals surface area contributed by atoms with Crippen LogP contribution >= 0.6 is 0 Å². The van der Waals surface area contributed by atoms with Crippen molar-refractivity contribution >= 4 is 0 Å². The molecule has 0 amide bonds. The van der Waals surface area contributed by atoms with E-state index in [9.17, 15) is 4.39 Å². The summed E-state index contributed by atoms with van der Waals surface area (Å²) in [7, 11) is 0. The van der Waals surface area contributed by atoms with Gasteiger partial charge in [0.05, 0.1) is 13.2 Å². The third-order valence-corrected chi connectivity index (χ3v) is 3.54. The Balaban J connectivity index is 1.71. The number of halogens is 1. The lowest BCUT2D eigenvalue weighted by Crippen LogP contribution is -2.01. The summed E-state index contributed by atoms with van der Waals surface area (Å²) in [5, 5.41) is 0. The normalized spacial score (nSPS) is 38.2. The third kappa shape index (κ3) is 2.35. The standard InChI is InChI=1S/C12H19FO/c13-7-8-14-9-12-10-5-3-1-2-4-6-11(10)12/h1-2,10-12H,3-9H2/b2-1+/t10-,11+,12+/i13-1. The Kier molecular flexibility index (Phi) is 3.57. The van der Waals surface area contributed by atoms with Crippen LogP contribution < -0.4 is 0 Å². The minimum atomic E-state index is -0.344. The van der Waals surface area contributed by atoms with E-state index < -0.39 is 0 Å². The molecule has 0 radical (unpaired) electrons. The quantitative estimate of drug-likeness (QED) is 0.497. The molecule has 3 atom stereocenters. The molecule has 1 saturated carbocycles. The summed E-state index contributed by atoms with van der Waals surface area (Å²) < 4.78 is 17.1. The van der Waals surface area contributed by atoms with E-state index in [-0.39, 0.29) is 13.3 Å². The Morgan fingerprint density at radius 1 is 1.14 bits per heavy atom. The van der Waals surface area contributed by atoms with Gasteiger partial charge in [0.15, 0.2) is 0 Å². The molecule has 0 spiro atoms. The lowest BCUT2D eigenvalue weighted by molar-refractivity contribution is 0.104. The van der Waals surface area contributed by atoms with E-state index in [1.165, 1.54) is 25.7 Å². The van der Waals surface area contributed by atoms with E-state index in [0.717, 1.165) is 24.4 Å². The summed E-state index contributed by atoms with van der Waals surface area (Å²) in [6.07, 6.45) is 9.67. The van der Waals surface area contributed by atoms with Crippen molar-refractivity contribution in [2.45, 2.75) is 25.7 Å². The van der Waals surface area contributed by atoms with Crippen molar-refractivity contribution in [3.05, 3.63) is 12.2 Å². The van der Waals surface area contributed by atoms with Gasteiger partial charge >= 0.3 is 0 Å². The van der Waals surface area contributed by atoms with E-state index in [1.54, 1.807) is 0 Å². The fourth-order valence-corrected chi connectivity index (χ4v) is 2.71. The number of ether oxygens (including phenoxy) is 1. The molecule has 1 nitrogen and oxygen atoms in total. The molecular weight excluding hydrogens is 178 g/mol. The first kappa shape index (κ1) is 10.2. The fourth-order valence-electron chi connectivity index (χ4n) is 2.71. The third-order valence-electron chi connectivity index (χ3n) is 3.54. The number of alkyl halides is 1. The van der Waals surface area contributed by atoms with Crippen molar-refractivity contribution in [1.29, 1.82) is 0 Å². The van der Waals surface area contributed by atoms with Gasteiger partial charge in [-0.05, 0) is 43.4 Å². The van der Waals surface area contributed by atoms with Crippen LogP contribution in [0.25, 0.3) is 0 Å². The van der Waals surface area contributed by atoms with Crippen LogP contribution in [0.1, 0.15) is 25.7 Å². The summed E-state index contributed by atoms with van der Waals surface area (Å²) in [5.41, 5.74) is 0. The summed E-state index contributed by atoms with van der Waals surface area (Å²) in [5.74, 6) is 2.49. The molecule has 2 aliphatic rings. The van der Waals surface area contributed by atoms with Crippen molar-refractivity contribution in [3.63, 3.8) is 0 Å². The van der Waals surface area contributed by atoms with Crippen molar-refractivity contribution in [1.82, 2.24) is 0 Å². The smallest absolute Gasteiger partial charge is 0.113 e. The lowest BCUT2D eigenvalue weighted by atomic mass is 10.1. The van der Waals surface area contributed by atoms with Gasteiger partial charge in [-0.2, -0.15) is 0 Å². The van der Waals surface area contributed by atoms with Gasteiger partial charge in [0, 0.05) is 0 Å². The second-order valence-corrected chi connectivity index (χ2v) is 4.38. The lowest BCUT2D eigenvalue weighted by Gasteiger charge is -1.99. The van der Waals surface area contributed by atoms with Crippen LogP contribution in [0.5, 0.6) is 0 Å². The highest BCUT2D eigenvalue weighted by atomic mass is 18.2. The first-order valence-corrected chi connectivity index (χ1v) is 5.72. The zero-order valence-electron chi connectivity index (χ0n) is 8.62. The predicted molar refractivity (Wildman–Crippen MR) is 54.9 cm³/mol. The van der Waals surface area contributed by atoms with Crippen LogP contribution in [-0.2, 0) is 4.74 Å². The van der Waals surface area contributed by atoms with Gasteiger partial charge in [-0.25, -0.2) is 4.39 Å². The highest BCUT2D eigenvalue weighted by molar-refractivity contribution is 5.01. The molecule has 0 aromatic carbocycles. The summed E-state index contributed by atoms with van der Waals surface area (Å²) >= 11 is 0. The topological polar surface area (TPSA) is 9.23 Å². The van der Waals surface area contributed by atoms with E-state index in [4.69, 9.17) is 4.74 Å². The number of fused-ring (bicyclic) bond motifs is 1. The van der Waals surface area contributed by atoms with E-state index in [2.05, 4.69) is 12.2 Å². The van der Waals surface area contributed by atoms with Crippen LogP contribution in [-0.4, -0.2) is 19.9 Å². The van der Waals surface area contributed by atoms with Crippen molar-refractivity contribution in [2.75, 3.05) is 19.9 Å². The Morgan fingerprint density at radius 3 is 2.36 bits per heavy atom. The average Bonchev–Trinajstić information content (AvgIpc) is 2.76. The average molecular weight is 197 g/mol. The SMILES string of the molecule is [18F]CCOC[C@H]1[C@@H]2CC/C=C/CC[C@@H]21. The monoisotopic (exact) mass is 197 g/mol. The molecule has 0 unspecified atom stereocenters. The zero-order chi connectivity index (χ0) is 9.80. The maximum Gasteiger partial charge on any atom is 0.113 e. The van der Waals surface area contributed by atoms with Crippen LogP contribution in [0.4, 0.5) is 4.39 Å². The van der Waals surface area contributed by atoms with E-state index in [1.807, 2.05) is 0 Å². The van der Waals surface area contributed by atoms with Crippen molar-refractivity contribution in [2.24, 2.45) is 17.8 Å². The molecular formula is C12H19FO. The van der Waals surface area contributed by atoms with E-state index >= 15 is 0 Å². The van der Waals surface area contributed by atoms with Gasteiger partial charge in [-0.1, -0.05) is 12.2 Å². The fraction of sp³-hybridized carbons (Fsp3) is 0.833. The molecule has 2 rings (SSSR count). The molecule has 2 heteroatoms. The van der Waals surface area contributed by atoms with Gasteiger partial charge in [0.2, 0.25) is 0 Å². The molecule has 80 valence electrons. The molecule has 0 N–H and O–H groups in total. The second-order valence-electron chi connectivity index (χ2n) is 4.38. The molecule has 0 aliphatic heterocycles. The molecule has 14 heavy (non-hydrogen) atoms. The molecule has 0 bridgehead atoms. The highest BCUT2D eigenvalue weighted by Crippen LogP contribution is 2.52. The molecule has 2 aliphatic carbocycles. The largest absolute Gasteiger partial charge is 0.378 e. The number of hydrogen-bond acceptors (Lipinski definition) is 1. The Bertz CT molecular complexity index is 186. The Labute approximate surface area is 85.3 Å². The summed E-state index contributed by atoms with van der Waals surface area (Å²) in [6, 6.07) is 0. The van der Waals surface area contributed by atoms with Crippen LogP contribution in [0.2, 0.25) is 0 Å².